The number of aliphatic hydroxyl groups excluding tert-OH is 2. The van der Waals surface area contributed by atoms with Crippen LogP contribution in [0.2, 0.25) is 5.02 Å². The lowest BCUT2D eigenvalue weighted by atomic mass is 10.0. The molecule has 2 N–H and O–H groups in total. The van der Waals surface area contributed by atoms with Gasteiger partial charge in [0.05, 0.1) is 6.07 Å². The van der Waals surface area contributed by atoms with Crippen molar-refractivity contribution >= 4 is 11.6 Å². The zero-order chi connectivity index (χ0) is 10.7. The third kappa shape index (κ3) is 2.20. The first-order valence-electron chi connectivity index (χ1n) is 3.77. The summed E-state index contributed by atoms with van der Waals surface area (Å²) in [6.45, 7) is 0. The van der Waals surface area contributed by atoms with E-state index in [0.717, 1.165) is 6.07 Å². The molecular weight excluding hydrogens is 209 g/mol. The van der Waals surface area contributed by atoms with Crippen molar-refractivity contribution in [1.29, 1.82) is 5.26 Å². The van der Waals surface area contributed by atoms with E-state index in [9.17, 15) is 9.50 Å². The average molecular weight is 216 g/mol. The second-order valence-corrected chi connectivity index (χ2v) is 3.12. The van der Waals surface area contributed by atoms with Gasteiger partial charge >= 0.3 is 0 Å². The van der Waals surface area contributed by atoms with Gasteiger partial charge in [0.1, 0.15) is 11.9 Å². The van der Waals surface area contributed by atoms with Gasteiger partial charge in [-0.25, -0.2) is 4.39 Å². The maximum Gasteiger partial charge on any atom is 0.170 e. The van der Waals surface area contributed by atoms with E-state index >= 15 is 0 Å². The van der Waals surface area contributed by atoms with Gasteiger partial charge in [0, 0.05) is 10.6 Å². The molecule has 3 nitrogen and oxygen atoms in total. The number of aliphatic hydroxyl groups is 2. The van der Waals surface area contributed by atoms with Crippen LogP contribution < -0.4 is 0 Å². The molecule has 2 unspecified atom stereocenters. The third-order valence-corrected chi connectivity index (χ3v) is 1.95. The normalized spacial score (nSPS) is 14.5. The molecule has 0 aliphatic carbocycles. The van der Waals surface area contributed by atoms with Crippen LogP contribution in [0.1, 0.15) is 11.7 Å². The topological polar surface area (TPSA) is 64.2 Å². The van der Waals surface area contributed by atoms with E-state index in [1.165, 1.54) is 18.2 Å². The van der Waals surface area contributed by atoms with Gasteiger partial charge in [0.15, 0.2) is 6.10 Å². The highest BCUT2D eigenvalue weighted by Gasteiger charge is 2.20. The Labute approximate surface area is 85.0 Å². The van der Waals surface area contributed by atoms with E-state index in [-0.39, 0.29) is 10.6 Å². The van der Waals surface area contributed by atoms with E-state index in [2.05, 4.69) is 0 Å². The zero-order valence-corrected chi connectivity index (χ0v) is 7.74. The molecule has 0 aliphatic rings. The lowest BCUT2D eigenvalue weighted by Crippen LogP contribution is -2.16. The first-order chi connectivity index (χ1) is 6.56. The Bertz CT molecular complexity index is 378. The van der Waals surface area contributed by atoms with Crippen LogP contribution in [-0.4, -0.2) is 16.3 Å². The van der Waals surface area contributed by atoms with Crippen LogP contribution in [0.5, 0.6) is 0 Å². The highest BCUT2D eigenvalue weighted by Crippen LogP contribution is 2.22. The first kappa shape index (κ1) is 10.9. The summed E-state index contributed by atoms with van der Waals surface area (Å²) >= 11 is 5.49. The van der Waals surface area contributed by atoms with E-state index in [1.807, 2.05) is 0 Å². The zero-order valence-electron chi connectivity index (χ0n) is 6.98. The van der Waals surface area contributed by atoms with Crippen molar-refractivity contribution in [2.45, 2.75) is 12.2 Å². The number of halogens is 2. The highest BCUT2D eigenvalue weighted by atomic mass is 35.5. The van der Waals surface area contributed by atoms with Crippen molar-refractivity contribution in [2.24, 2.45) is 0 Å². The molecule has 1 rings (SSSR count). The Hall–Kier alpha value is -1.15. The number of hydrogen-bond donors (Lipinski definition) is 2. The van der Waals surface area contributed by atoms with Crippen molar-refractivity contribution in [3.05, 3.63) is 34.6 Å². The summed E-state index contributed by atoms with van der Waals surface area (Å²) in [5.41, 5.74) is -0.150. The fourth-order valence-electron chi connectivity index (χ4n) is 0.982. The molecule has 1 aromatic rings. The smallest absolute Gasteiger partial charge is 0.170 e. The second-order valence-electron chi connectivity index (χ2n) is 2.68. The standard InChI is InChI=1S/C9H7ClFNO2/c10-5-1-2-6(7(11)3-5)9(14)8(13)4-12/h1-3,8-9,13-14H. The minimum atomic E-state index is -1.65. The Morgan fingerprint density at radius 3 is 2.57 bits per heavy atom. The Balaban J connectivity index is 3.03. The van der Waals surface area contributed by atoms with E-state index < -0.39 is 18.0 Å². The number of benzene rings is 1. The molecule has 14 heavy (non-hydrogen) atoms. The van der Waals surface area contributed by atoms with Gasteiger partial charge in [-0.1, -0.05) is 17.7 Å². The summed E-state index contributed by atoms with van der Waals surface area (Å²) in [5, 5.41) is 26.8. The molecule has 0 heterocycles. The molecule has 0 radical (unpaired) electrons. The van der Waals surface area contributed by atoms with Crippen LogP contribution in [0.3, 0.4) is 0 Å². The van der Waals surface area contributed by atoms with Crippen LogP contribution in [0, 0.1) is 17.1 Å². The Morgan fingerprint density at radius 2 is 2.07 bits per heavy atom. The monoisotopic (exact) mass is 215 g/mol. The highest BCUT2D eigenvalue weighted by molar-refractivity contribution is 6.30. The van der Waals surface area contributed by atoms with Crippen molar-refractivity contribution in [3.63, 3.8) is 0 Å². The number of hydrogen-bond acceptors (Lipinski definition) is 3. The number of nitrogens with zero attached hydrogens (tertiary/aromatic N) is 1. The molecule has 0 fully saturated rings. The second kappa shape index (κ2) is 4.38. The maximum atomic E-state index is 13.1. The van der Waals surface area contributed by atoms with Crippen molar-refractivity contribution in [3.8, 4) is 6.07 Å². The van der Waals surface area contributed by atoms with E-state index in [0.29, 0.717) is 0 Å². The van der Waals surface area contributed by atoms with Crippen molar-refractivity contribution in [2.75, 3.05) is 0 Å². The van der Waals surface area contributed by atoms with Crippen LogP contribution in [0.25, 0.3) is 0 Å². The molecule has 0 spiro atoms. The van der Waals surface area contributed by atoms with E-state index in [4.69, 9.17) is 22.0 Å². The van der Waals surface area contributed by atoms with Crippen molar-refractivity contribution in [1.82, 2.24) is 0 Å². The SMILES string of the molecule is N#CC(O)C(O)c1ccc(Cl)cc1F. The van der Waals surface area contributed by atoms with Gasteiger partial charge < -0.3 is 10.2 Å². The fraction of sp³-hybridized carbons (Fsp3) is 0.222. The number of nitriles is 1. The summed E-state index contributed by atoms with van der Waals surface area (Å²) < 4.78 is 13.1. The number of rotatable bonds is 2. The van der Waals surface area contributed by atoms with E-state index in [1.54, 1.807) is 0 Å². The lowest BCUT2D eigenvalue weighted by Gasteiger charge is -2.12. The molecule has 0 saturated heterocycles. The molecule has 0 amide bonds. The summed E-state index contributed by atoms with van der Waals surface area (Å²) in [6, 6.07) is 5.01. The predicted molar refractivity (Wildman–Crippen MR) is 48.0 cm³/mol. The van der Waals surface area contributed by atoms with Crippen LogP contribution in [0.15, 0.2) is 18.2 Å². The Kier molecular flexibility index (Phi) is 3.42. The molecule has 0 aliphatic heterocycles. The van der Waals surface area contributed by atoms with Gasteiger partial charge in [-0.05, 0) is 12.1 Å². The lowest BCUT2D eigenvalue weighted by molar-refractivity contribution is 0.0503. The van der Waals surface area contributed by atoms with Crippen LogP contribution in [0.4, 0.5) is 4.39 Å². The van der Waals surface area contributed by atoms with Gasteiger partial charge in [0.25, 0.3) is 0 Å². The molecular formula is C9H7ClFNO2. The molecule has 74 valence electrons. The van der Waals surface area contributed by atoms with Gasteiger partial charge in [-0.3, -0.25) is 0 Å². The summed E-state index contributed by atoms with van der Waals surface area (Å²) in [6.07, 6.45) is -3.21. The summed E-state index contributed by atoms with van der Waals surface area (Å²) in [4.78, 5) is 0. The van der Waals surface area contributed by atoms with Crippen LogP contribution in [-0.2, 0) is 0 Å². The van der Waals surface area contributed by atoms with Gasteiger partial charge in [0.2, 0.25) is 0 Å². The first-order valence-corrected chi connectivity index (χ1v) is 4.14. The third-order valence-electron chi connectivity index (χ3n) is 1.71. The molecule has 2 atom stereocenters. The largest absolute Gasteiger partial charge is 0.384 e. The van der Waals surface area contributed by atoms with Gasteiger partial charge in [-0.15, -0.1) is 0 Å². The molecule has 0 aromatic heterocycles. The summed E-state index contributed by atoms with van der Waals surface area (Å²) in [7, 11) is 0. The fourth-order valence-corrected chi connectivity index (χ4v) is 1.14. The minimum absolute atomic E-state index is 0.150. The van der Waals surface area contributed by atoms with Crippen LogP contribution >= 0.6 is 11.6 Å². The average Bonchev–Trinajstić information content (AvgIpc) is 2.15. The predicted octanol–water partition coefficient (Wildman–Crippen LogP) is 1.40. The quantitative estimate of drug-likeness (QED) is 0.733. The minimum Gasteiger partial charge on any atom is -0.384 e. The Morgan fingerprint density at radius 1 is 1.43 bits per heavy atom. The van der Waals surface area contributed by atoms with Gasteiger partial charge in [-0.2, -0.15) is 5.26 Å². The molecule has 0 saturated carbocycles. The summed E-state index contributed by atoms with van der Waals surface area (Å²) in [5.74, 6) is -0.751. The molecule has 0 bridgehead atoms. The maximum absolute atomic E-state index is 13.1. The molecule has 5 heteroatoms. The van der Waals surface area contributed by atoms with Crippen molar-refractivity contribution < 1.29 is 14.6 Å². The molecule has 1 aromatic carbocycles.